The van der Waals surface area contributed by atoms with Crippen molar-refractivity contribution in [2.24, 2.45) is 0 Å². The second-order valence-electron chi connectivity index (χ2n) is 7.28. The number of amides is 2. The quantitative estimate of drug-likeness (QED) is 0.458. The Morgan fingerprint density at radius 3 is 2.30 bits per heavy atom. The molecule has 3 aromatic carbocycles. The average Bonchev–Trinajstić information content (AvgIpc) is 2.82. The zero-order chi connectivity index (χ0) is 23.5. The van der Waals surface area contributed by atoms with Gasteiger partial charge in [0.1, 0.15) is 0 Å². The molecule has 4 aromatic rings. The smallest absolute Gasteiger partial charge is 0.279 e. The van der Waals surface area contributed by atoms with Crippen LogP contribution >= 0.6 is 23.2 Å². The number of benzene rings is 3. The maximum atomic E-state index is 13.3. The van der Waals surface area contributed by atoms with Crippen LogP contribution in [0.4, 0.5) is 5.69 Å². The molecular weight excluding hydrogens is 463 g/mol. The van der Waals surface area contributed by atoms with Crippen LogP contribution in [0.5, 0.6) is 0 Å². The summed E-state index contributed by atoms with van der Waals surface area (Å²) in [5.41, 5.74) is 0.714. The normalized spacial score (nSPS) is 10.8. The maximum Gasteiger partial charge on any atom is 0.279 e. The Kier molecular flexibility index (Phi) is 6.44. The fourth-order valence-electron chi connectivity index (χ4n) is 3.33. The lowest BCUT2D eigenvalue weighted by Crippen LogP contribution is -2.36. The molecule has 4 rings (SSSR count). The molecule has 7 nitrogen and oxygen atoms in total. The van der Waals surface area contributed by atoms with E-state index in [-0.39, 0.29) is 17.8 Å². The first-order chi connectivity index (χ1) is 15.8. The van der Waals surface area contributed by atoms with E-state index in [4.69, 9.17) is 23.2 Å². The van der Waals surface area contributed by atoms with Crippen LogP contribution in [0.1, 0.15) is 10.5 Å². The molecule has 0 aliphatic rings. The van der Waals surface area contributed by atoms with E-state index in [2.05, 4.69) is 10.4 Å². The zero-order valence-electron chi connectivity index (χ0n) is 17.5. The monoisotopic (exact) mass is 480 g/mol. The minimum Gasteiger partial charge on any atom is -0.331 e. The van der Waals surface area contributed by atoms with Crippen molar-refractivity contribution in [1.29, 1.82) is 0 Å². The van der Waals surface area contributed by atoms with Crippen LogP contribution in [0.25, 0.3) is 16.5 Å². The summed E-state index contributed by atoms with van der Waals surface area (Å²) in [5.74, 6) is -0.926. The largest absolute Gasteiger partial charge is 0.331 e. The van der Waals surface area contributed by atoms with Gasteiger partial charge in [0, 0.05) is 18.1 Å². The minimum atomic E-state index is -0.500. The second kappa shape index (κ2) is 9.44. The summed E-state index contributed by atoms with van der Waals surface area (Å²) in [4.78, 5) is 40.0. The summed E-state index contributed by atoms with van der Waals surface area (Å²) in [6.07, 6.45) is 0. The van der Waals surface area contributed by atoms with Gasteiger partial charge in [0.15, 0.2) is 5.69 Å². The number of aromatic nitrogens is 2. The Hall–Kier alpha value is -3.68. The van der Waals surface area contributed by atoms with Gasteiger partial charge in [-0.3, -0.25) is 14.4 Å². The summed E-state index contributed by atoms with van der Waals surface area (Å²) in [6.45, 7) is -0.237. The standard InChI is InChI=1S/C24H18Cl2N4O3/c1-29(14-21(31)27-15-11-12-19(25)20(26)13-15)24(33)22-17-9-5-6-10-18(17)23(32)30(28-22)16-7-3-2-4-8-16/h2-13H,14H2,1H3,(H,27,31). The van der Waals surface area contributed by atoms with Gasteiger partial charge < -0.3 is 10.2 Å². The number of para-hydroxylation sites is 1. The average molecular weight is 481 g/mol. The molecule has 0 saturated carbocycles. The SMILES string of the molecule is CN(CC(=O)Nc1ccc(Cl)c(Cl)c1)C(=O)c1nn(-c2ccccc2)c(=O)c2ccccc12. The lowest BCUT2D eigenvalue weighted by molar-refractivity contribution is -0.116. The van der Waals surface area contributed by atoms with Gasteiger partial charge in [-0.2, -0.15) is 9.78 Å². The summed E-state index contributed by atoms with van der Waals surface area (Å²) >= 11 is 11.9. The number of nitrogens with zero attached hydrogens (tertiary/aromatic N) is 3. The third-order valence-corrected chi connectivity index (χ3v) is 5.68. The van der Waals surface area contributed by atoms with E-state index in [1.54, 1.807) is 60.7 Å². The zero-order valence-corrected chi connectivity index (χ0v) is 19.0. The van der Waals surface area contributed by atoms with Crippen molar-refractivity contribution in [3.8, 4) is 5.69 Å². The van der Waals surface area contributed by atoms with E-state index in [0.717, 1.165) is 0 Å². The van der Waals surface area contributed by atoms with Gasteiger partial charge in [-0.1, -0.05) is 59.6 Å². The molecule has 0 fully saturated rings. The van der Waals surface area contributed by atoms with Crippen LogP contribution in [-0.2, 0) is 4.79 Å². The molecule has 0 aliphatic carbocycles. The number of carbonyl (C=O) groups excluding carboxylic acids is 2. The van der Waals surface area contributed by atoms with Crippen molar-refractivity contribution >= 4 is 51.5 Å². The molecule has 1 aromatic heterocycles. The molecule has 33 heavy (non-hydrogen) atoms. The van der Waals surface area contributed by atoms with Crippen molar-refractivity contribution in [2.45, 2.75) is 0 Å². The summed E-state index contributed by atoms with van der Waals surface area (Å²) in [7, 11) is 1.49. The number of hydrogen-bond donors (Lipinski definition) is 1. The fourth-order valence-corrected chi connectivity index (χ4v) is 3.63. The molecule has 0 saturated heterocycles. The van der Waals surface area contributed by atoms with Gasteiger partial charge >= 0.3 is 0 Å². The van der Waals surface area contributed by atoms with Crippen LogP contribution in [0.3, 0.4) is 0 Å². The Bertz CT molecular complexity index is 1420. The van der Waals surface area contributed by atoms with Crippen LogP contribution in [-0.4, -0.2) is 40.1 Å². The number of halogens is 2. The van der Waals surface area contributed by atoms with E-state index in [1.807, 2.05) is 6.07 Å². The molecule has 0 aliphatic heterocycles. The Morgan fingerprint density at radius 2 is 1.61 bits per heavy atom. The summed E-state index contributed by atoms with van der Waals surface area (Å²) < 4.78 is 1.19. The fraction of sp³-hybridized carbons (Fsp3) is 0.0833. The minimum absolute atomic E-state index is 0.0684. The molecule has 0 atom stereocenters. The summed E-state index contributed by atoms with van der Waals surface area (Å²) in [5, 5.41) is 8.47. The van der Waals surface area contributed by atoms with E-state index >= 15 is 0 Å². The van der Waals surface area contributed by atoms with Crippen molar-refractivity contribution in [3.05, 3.63) is 98.9 Å². The lowest BCUT2D eigenvalue weighted by Gasteiger charge is -2.18. The lowest BCUT2D eigenvalue weighted by atomic mass is 10.1. The summed E-state index contributed by atoms with van der Waals surface area (Å²) in [6, 6.07) is 20.3. The van der Waals surface area contributed by atoms with Gasteiger partial charge in [-0.05, 0) is 36.4 Å². The molecule has 0 unspecified atom stereocenters. The van der Waals surface area contributed by atoms with Crippen molar-refractivity contribution in [1.82, 2.24) is 14.7 Å². The molecular formula is C24H18Cl2N4O3. The first kappa shape index (κ1) is 22.5. The van der Waals surface area contributed by atoms with Crippen LogP contribution < -0.4 is 10.9 Å². The van der Waals surface area contributed by atoms with Gasteiger partial charge in [0.2, 0.25) is 5.91 Å². The number of carbonyl (C=O) groups is 2. The predicted octanol–water partition coefficient (Wildman–Crippen LogP) is 4.40. The van der Waals surface area contributed by atoms with Crippen molar-refractivity contribution in [3.63, 3.8) is 0 Å². The van der Waals surface area contributed by atoms with E-state index in [1.165, 1.54) is 22.7 Å². The number of hydrogen-bond acceptors (Lipinski definition) is 4. The molecule has 0 radical (unpaired) electrons. The molecule has 0 bridgehead atoms. The molecule has 0 spiro atoms. The molecule has 166 valence electrons. The number of anilines is 1. The first-order valence-electron chi connectivity index (χ1n) is 9.93. The van der Waals surface area contributed by atoms with E-state index < -0.39 is 11.8 Å². The number of rotatable bonds is 5. The highest BCUT2D eigenvalue weighted by Gasteiger charge is 2.22. The third kappa shape index (κ3) is 4.74. The first-order valence-corrected chi connectivity index (χ1v) is 10.7. The highest BCUT2D eigenvalue weighted by Crippen LogP contribution is 2.25. The Labute approximate surface area is 199 Å². The Balaban J connectivity index is 1.64. The van der Waals surface area contributed by atoms with Crippen LogP contribution in [0.2, 0.25) is 10.0 Å². The second-order valence-corrected chi connectivity index (χ2v) is 8.10. The number of likely N-dealkylation sites (N-methyl/N-ethyl adjacent to an activating group) is 1. The van der Waals surface area contributed by atoms with Gasteiger partial charge in [0.25, 0.3) is 11.5 Å². The van der Waals surface area contributed by atoms with Crippen molar-refractivity contribution in [2.75, 3.05) is 18.9 Å². The van der Waals surface area contributed by atoms with Crippen LogP contribution in [0.15, 0.2) is 77.6 Å². The predicted molar refractivity (Wildman–Crippen MR) is 129 cm³/mol. The third-order valence-electron chi connectivity index (χ3n) is 4.94. The molecule has 2 amide bonds. The van der Waals surface area contributed by atoms with Gasteiger partial charge in [-0.15, -0.1) is 0 Å². The Morgan fingerprint density at radius 1 is 0.939 bits per heavy atom. The number of nitrogens with one attached hydrogen (secondary N) is 1. The van der Waals surface area contributed by atoms with E-state index in [9.17, 15) is 14.4 Å². The van der Waals surface area contributed by atoms with E-state index in [0.29, 0.717) is 32.2 Å². The highest BCUT2D eigenvalue weighted by molar-refractivity contribution is 6.42. The topological polar surface area (TPSA) is 84.3 Å². The molecule has 1 N–H and O–H groups in total. The van der Waals surface area contributed by atoms with Gasteiger partial charge in [-0.25, -0.2) is 0 Å². The molecule has 9 heteroatoms. The van der Waals surface area contributed by atoms with Crippen molar-refractivity contribution < 1.29 is 9.59 Å². The number of fused-ring (bicyclic) bond motifs is 1. The maximum absolute atomic E-state index is 13.3. The van der Waals surface area contributed by atoms with Crippen LogP contribution in [0, 0.1) is 0 Å². The highest BCUT2D eigenvalue weighted by atomic mass is 35.5. The van der Waals surface area contributed by atoms with Gasteiger partial charge in [0.05, 0.1) is 27.7 Å². The molecule has 1 heterocycles.